The molecule has 0 saturated heterocycles. The molecule has 1 fully saturated rings. The first-order valence-electron chi connectivity index (χ1n) is 5.66. The minimum absolute atomic E-state index is 0.0197. The van der Waals surface area contributed by atoms with Crippen LogP contribution in [0.15, 0.2) is 0 Å². The molecule has 0 heterocycles. The quantitative estimate of drug-likeness (QED) is 0.690. The van der Waals surface area contributed by atoms with Gasteiger partial charge >= 0.3 is 0 Å². The Hall–Kier alpha value is -0.570. The molecule has 3 nitrogen and oxygen atoms in total. The van der Waals surface area contributed by atoms with E-state index in [9.17, 15) is 4.79 Å². The molecule has 0 aliphatic heterocycles. The predicted octanol–water partition coefficient (Wildman–Crippen LogP) is 2.41. The monoisotopic (exact) mass is 199 g/mol. The lowest BCUT2D eigenvalue weighted by molar-refractivity contribution is -0.139. The van der Waals surface area contributed by atoms with E-state index in [4.69, 9.17) is 4.84 Å². The van der Waals surface area contributed by atoms with Crippen molar-refractivity contribution in [1.82, 2.24) is 5.48 Å². The Bertz CT molecular complexity index is 176. The van der Waals surface area contributed by atoms with Gasteiger partial charge in [0.25, 0.3) is 0 Å². The smallest absolute Gasteiger partial charge is 0.243 e. The third kappa shape index (κ3) is 4.09. The van der Waals surface area contributed by atoms with Gasteiger partial charge in [0.05, 0.1) is 6.10 Å². The molecule has 1 N–H and O–H groups in total. The summed E-state index contributed by atoms with van der Waals surface area (Å²) in [6.45, 7) is 4.17. The van der Waals surface area contributed by atoms with Gasteiger partial charge in [0.15, 0.2) is 0 Å². The molecule has 0 radical (unpaired) electrons. The van der Waals surface area contributed by atoms with Crippen LogP contribution in [0.3, 0.4) is 0 Å². The Morgan fingerprint density at radius 1 is 1.50 bits per heavy atom. The summed E-state index contributed by atoms with van der Waals surface area (Å²) in [5.74, 6) is 0.466. The highest BCUT2D eigenvalue weighted by molar-refractivity contribution is 5.74. The minimum atomic E-state index is 0.0197. The molecule has 1 aliphatic carbocycles. The maximum absolute atomic E-state index is 11.3. The average Bonchev–Trinajstić information content (AvgIpc) is 2.67. The summed E-state index contributed by atoms with van der Waals surface area (Å²) in [5.41, 5.74) is 2.55. The van der Waals surface area contributed by atoms with Crippen molar-refractivity contribution in [3.05, 3.63) is 0 Å². The van der Waals surface area contributed by atoms with Crippen molar-refractivity contribution in [2.45, 2.75) is 58.5 Å². The van der Waals surface area contributed by atoms with E-state index in [1.165, 1.54) is 12.8 Å². The average molecular weight is 199 g/mol. The second kappa shape index (κ2) is 6.02. The highest BCUT2D eigenvalue weighted by atomic mass is 16.7. The second-order valence-electron chi connectivity index (χ2n) is 4.27. The van der Waals surface area contributed by atoms with E-state index in [1.54, 1.807) is 0 Å². The highest BCUT2D eigenvalue weighted by Gasteiger charge is 2.17. The Labute approximate surface area is 86.2 Å². The van der Waals surface area contributed by atoms with Crippen molar-refractivity contribution in [1.29, 1.82) is 0 Å². The van der Waals surface area contributed by atoms with Crippen molar-refractivity contribution in [3.8, 4) is 0 Å². The van der Waals surface area contributed by atoms with Crippen LogP contribution in [0.4, 0.5) is 0 Å². The van der Waals surface area contributed by atoms with Gasteiger partial charge in [-0.1, -0.05) is 33.1 Å². The first kappa shape index (κ1) is 11.5. The van der Waals surface area contributed by atoms with Gasteiger partial charge in [0.1, 0.15) is 0 Å². The van der Waals surface area contributed by atoms with Gasteiger partial charge in [0.2, 0.25) is 5.91 Å². The standard InChI is InChI=1S/C11H21NO2/c1-3-9(2)8-11(13)12-14-10-6-4-5-7-10/h9-10H,3-8H2,1-2H3,(H,12,13). The molecule has 0 aromatic rings. The summed E-state index contributed by atoms with van der Waals surface area (Å²) in [6.07, 6.45) is 6.50. The molecule has 0 aromatic carbocycles. The first-order chi connectivity index (χ1) is 6.72. The lowest BCUT2D eigenvalue weighted by atomic mass is 10.1. The summed E-state index contributed by atoms with van der Waals surface area (Å²) >= 11 is 0. The number of carbonyl (C=O) groups excluding carboxylic acids is 1. The van der Waals surface area contributed by atoms with Crippen LogP contribution in [0.2, 0.25) is 0 Å². The van der Waals surface area contributed by atoms with E-state index >= 15 is 0 Å². The van der Waals surface area contributed by atoms with E-state index in [0.29, 0.717) is 12.3 Å². The normalized spacial score (nSPS) is 19.6. The molecule has 1 aliphatic rings. The molecular weight excluding hydrogens is 178 g/mol. The molecule has 0 bridgehead atoms. The van der Waals surface area contributed by atoms with Gasteiger partial charge in [-0.05, 0) is 18.8 Å². The Balaban J connectivity index is 2.08. The molecule has 82 valence electrons. The van der Waals surface area contributed by atoms with Gasteiger partial charge in [-0.3, -0.25) is 9.63 Å². The highest BCUT2D eigenvalue weighted by Crippen LogP contribution is 2.19. The molecule has 1 rings (SSSR count). The summed E-state index contributed by atoms with van der Waals surface area (Å²) in [5, 5.41) is 0. The van der Waals surface area contributed by atoms with E-state index in [1.807, 2.05) is 0 Å². The lowest BCUT2D eigenvalue weighted by Crippen LogP contribution is -2.29. The third-order valence-corrected chi connectivity index (χ3v) is 2.87. The van der Waals surface area contributed by atoms with Crippen molar-refractivity contribution in [2.24, 2.45) is 5.92 Å². The van der Waals surface area contributed by atoms with Crippen molar-refractivity contribution in [3.63, 3.8) is 0 Å². The fraction of sp³-hybridized carbons (Fsp3) is 0.909. The van der Waals surface area contributed by atoms with Crippen LogP contribution in [0.1, 0.15) is 52.4 Å². The number of nitrogens with one attached hydrogen (secondary N) is 1. The van der Waals surface area contributed by atoms with Crippen LogP contribution < -0.4 is 5.48 Å². The molecule has 0 spiro atoms. The molecule has 1 amide bonds. The summed E-state index contributed by atoms with van der Waals surface area (Å²) < 4.78 is 0. The zero-order valence-corrected chi connectivity index (χ0v) is 9.21. The summed E-state index contributed by atoms with van der Waals surface area (Å²) in [6, 6.07) is 0. The Morgan fingerprint density at radius 2 is 2.14 bits per heavy atom. The van der Waals surface area contributed by atoms with E-state index in [-0.39, 0.29) is 12.0 Å². The van der Waals surface area contributed by atoms with Crippen molar-refractivity contribution < 1.29 is 9.63 Å². The summed E-state index contributed by atoms with van der Waals surface area (Å²) in [7, 11) is 0. The van der Waals surface area contributed by atoms with E-state index in [0.717, 1.165) is 19.3 Å². The Kier molecular flexibility index (Phi) is 4.94. The number of carbonyl (C=O) groups is 1. The van der Waals surface area contributed by atoms with Crippen LogP contribution in [0.25, 0.3) is 0 Å². The van der Waals surface area contributed by atoms with Gasteiger partial charge in [-0.2, -0.15) is 0 Å². The van der Waals surface area contributed by atoms with Crippen LogP contribution in [0.5, 0.6) is 0 Å². The first-order valence-corrected chi connectivity index (χ1v) is 5.66. The maximum Gasteiger partial charge on any atom is 0.243 e. The molecular formula is C11H21NO2. The number of hydrogen-bond acceptors (Lipinski definition) is 2. The lowest BCUT2D eigenvalue weighted by Gasteiger charge is -2.12. The molecule has 14 heavy (non-hydrogen) atoms. The van der Waals surface area contributed by atoms with Gasteiger partial charge in [-0.25, -0.2) is 5.48 Å². The van der Waals surface area contributed by atoms with Gasteiger partial charge < -0.3 is 0 Å². The molecule has 1 unspecified atom stereocenters. The summed E-state index contributed by atoms with van der Waals surface area (Å²) in [4.78, 5) is 16.6. The fourth-order valence-corrected chi connectivity index (χ4v) is 1.66. The van der Waals surface area contributed by atoms with Crippen LogP contribution >= 0.6 is 0 Å². The Morgan fingerprint density at radius 3 is 2.71 bits per heavy atom. The molecule has 1 saturated carbocycles. The SMILES string of the molecule is CCC(C)CC(=O)NOC1CCCC1. The topological polar surface area (TPSA) is 38.3 Å². The van der Waals surface area contributed by atoms with Crippen molar-refractivity contribution in [2.75, 3.05) is 0 Å². The molecule has 0 aromatic heterocycles. The van der Waals surface area contributed by atoms with Crippen LogP contribution in [-0.2, 0) is 9.63 Å². The van der Waals surface area contributed by atoms with E-state index in [2.05, 4.69) is 19.3 Å². The second-order valence-corrected chi connectivity index (χ2v) is 4.27. The minimum Gasteiger partial charge on any atom is -0.273 e. The largest absolute Gasteiger partial charge is 0.273 e. The van der Waals surface area contributed by atoms with Crippen LogP contribution in [-0.4, -0.2) is 12.0 Å². The number of hydrogen-bond donors (Lipinski definition) is 1. The van der Waals surface area contributed by atoms with Gasteiger partial charge in [-0.15, -0.1) is 0 Å². The van der Waals surface area contributed by atoms with Crippen molar-refractivity contribution >= 4 is 5.91 Å². The zero-order valence-electron chi connectivity index (χ0n) is 9.21. The molecule has 1 atom stereocenters. The van der Waals surface area contributed by atoms with Gasteiger partial charge in [0, 0.05) is 6.42 Å². The number of amides is 1. The number of hydroxylamine groups is 1. The third-order valence-electron chi connectivity index (χ3n) is 2.87. The molecule has 3 heteroatoms. The predicted molar refractivity (Wildman–Crippen MR) is 55.6 cm³/mol. The fourth-order valence-electron chi connectivity index (χ4n) is 1.66. The number of rotatable bonds is 5. The maximum atomic E-state index is 11.3. The van der Waals surface area contributed by atoms with Crippen LogP contribution in [0, 0.1) is 5.92 Å². The zero-order chi connectivity index (χ0) is 10.4. The van der Waals surface area contributed by atoms with E-state index < -0.39 is 0 Å².